The first-order chi connectivity index (χ1) is 14.5. The van der Waals surface area contributed by atoms with Crippen LogP contribution in [0.25, 0.3) is 0 Å². The number of H-pyrrole nitrogens is 1. The molecule has 1 fully saturated rings. The minimum absolute atomic E-state index is 0.147. The number of esters is 1. The maximum Gasteiger partial charge on any atom is 0.523 e. The average molecular weight is 464 g/mol. The molecule has 2 heterocycles. The van der Waals surface area contributed by atoms with E-state index in [4.69, 9.17) is 9.47 Å². The summed E-state index contributed by atoms with van der Waals surface area (Å²) in [5.41, 5.74) is -7.20. The van der Waals surface area contributed by atoms with E-state index >= 15 is 0 Å². The Kier molecular flexibility index (Phi) is 6.33. The Labute approximate surface area is 172 Å². The van der Waals surface area contributed by atoms with Gasteiger partial charge in [0.1, 0.15) is 25.0 Å². The molecule has 2 aromatic rings. The summed E-state index contributed by atoms with van der Waals surface area (Å²) in [7, 11) is -5.99. The summed E-state index contributed by atoms with van der Waals surface area (Å²) in [4.78, 5) is 37.2. The third-order valence-electron chi connectivity index (χ3n) is 4.26. The van der Waals surface area contributed by atoms with Crippen molar-refractivity contribution in [2.45, 2.75) is 30.4 Å². The van der Waals surface area contributed by atoms with Crippen LogP contribution in [0.4, 0.5) is 13.2 Å². The van der Waals surface area contributed by atoms with Crippen LogP contribution in [0.3, 0.4) is 0 Å². The standard InChI is InChI=1S/C17H15F3N2O8S/c18-17(19,20)31(26,27)30-11-8-14(22-7-6-13(23)21-16(22)25)29-12(11)9-28-15(24)10-4-2-1-3-5-10/h1-7,11-12,14H,8-9H2,(H,21,23,25)/t11-,12+,14+/m0/s1. The lowest BCUT2D eigenvalue weighted by atomic mass is 10.2. The van der Waals surface area contributed by atoms with Gasteiger partial charge in [-0.15, -0.1) is 0 Å². The minimum Gasteiger partial charge on any atom is -0.459 e. The first-order valence-electron chi connectivity index (χ1n) is 8.66. The number of alkyl halides is 3. The molecule has 0 amide bonds. The van der Waals surface area contributed by atoms with Gasteiger partial charge in [0.05, 0.1) is 5.56 Å². The molecule has 1 N–H and O–H groups in total. The number of nitrogens with zero attached hydrogens (tertiary/aromatic N) is 1. The molecule has 1 aliphatic heterocycles. The van der Waals surface area contributed by atoms with Crippen molar-refractivity contribution in [1.29, 1.82) is 0 Å². The van der Waals surface area contributed by atoms with Crippen LogP contribution in [-0.2, 0) is 23.8 Å². The van der Waals surface area contributed by atoms with Crippen LogP contribution in [0.2, 0.25) is 0 Å². The van der Waals surface area contributed by atoms with Gasteiger partial charge in [-0.3, -0.25) is 18.5 Å². The van der Waals surface area contributed by atoms with Gasteiger partial charge in [0.2, 0.25) is 0 Å². The number of ether oxygens (including phenoxy) is 2. The van der Waals surface area contributed by atoms with Crippen LogP contribution in [0, 0.1) is 0 Å². The van der Waals surface area contributed by atoms with Crippen molar-refractivity contribution >= 4 is 16.1 Å². The Balaban J connectivity index is 1.81. The molecule has 31 heavy (non-hydrogen) atoms. The summed E-state index contributed by atoms with van der Waals surface area (Å²) in [5, 5.41) is 0. The summed E-state index contributed by atoms with van der Waals surface area (Å²) in [5.74, 6) is -0.828. The summed E-state index contributed by atoms with van der Waals surface area (Å²) < 4.78 is 76.7. The number of benzene rings is 1. The van der Waals surface area contributed by atoms with E-state index in [1.54, 1.807) is 18.2 Å². The third-order valence-corrected chi connectivity index (χ3v) is 5.33. The van der Waals surface area contributed by atoms with Gasteiger partial charge in [-0.1, -0.05) is 18.2 Å². The zero-order valence-corrected chi connectivity index (χ0v) is 16.3. The van der Waals surface area contributed by atoms with Gasteiger partial charge in [-0.25, -0.2) is 9.59 Å². The number of nitrogens with one attached hydrogen (secondary N) is 1. The fraction of sp³-hybridized carbons (Fsp3) is 0.353. The molecule has 0 saturated carbocycles. The molecule has 1 aromatic carbocycles. The highest BCUT2D eigenvalue weighted by molar-refractivity contribution is 7.87. The van der Waals surface area contributed by atoms with Crippen LogP contribution in [0.1, 0.15) is 23.0 Å². The van der Waals surface area contributed by atoms with Crippen LogP contribution >= 0.6 is 0 Å². The molecule has 10 nitrogen and oxygen atoms in total. The molecular formula is C17H15F3N2O8S. The number of rotatable bonds is 6. The zero-order chi connectivity index (χ0) is 22.8. The second-order valence-electron chi connectivity index (χ2n) is 6.38. The molecule has 0 unspecified atom stereocenters. The molecule has 3 atom stereocenters. The highest BCUT2D eigenvalue weighted by Gasteiger charge is 2.51. The molecule has 0 radical (unpaired) electrons. The van der Waals surface area contributed by atoms with E-state index in [0.29, 0.717) is 0 Å². The molecule has 3 rings (SSSR count). The lowest BCUT2D eigenvalue weighted by Gasteiger charge is -2.19. The molecule has 1 saturated heterocycles. The maximum absolute atomic E-state index is 12.7. The number of hydrogen-bond acceptors (Lipinski definition) is 8. The van der Waals surface area contributed by atoms with Crippen molar-refractivity contribution in [2.75, 3.05) is 6.61 Å². The lowest BCUT2D eigenvalue weighted by Crippen LogP contribution is -2.36. The minimum atomic E-state index is -5.99. The van der Waals surface area contributed by atoms with Crippen LogP contribution in [0.5, 0.6) is 0 Å². The SMILES string of the molecule is O=C(OC[C@H]1O[C@@H](n2ccc(=O)[nH]c2=O)C[C@@H]1OS(=O)(=O)C(F)(F)F)c1ccccc1. The van der Waals surface area contributed by atoms with E-state index in [1.807, 2.05) is 4.98 Å². The summed E-state index contributed by atoms with van der Waals surface area (Å²) in [6, 6.07) is 8.60. The van der Waals surface area contributed by atoms with Gasteiger partial charge in [-0.05, 0) is 12.1 Å². The summed E-state index contributed by atoms with van der Waals surface area (Å²) in [6.45, 7) is -0.652. The van der Waals surface area contributed by atoms with E-state index in [-0.39, 0.29) is 5.56 Å². The van der Waals surface area contributed by atoms with Gasteiger partial charge in [-0.2, -0.15) is 21.6 Å². The monoisotopic (exact) mass is 464 g/mol. The molecular weight excluding hydrogens is 449 g/mol. The van der Waals surface area contributed by atoms with Gasteiger partial charge in [0.25, 0.3) is 5.56 Å². The molecule has 1 aliphatic rings. The maximum atomic E-state index is 12.7. The fourth-order valence-electron chi connectivity index (χ4n) is 2.81. The highest BCUT2D eigenvalue weighted by atomic mass is 32.2. The largest absolute Gasteiger partial charge is 0.523 e. The Morgan fingerprint density at radius 1 is 1.19 bits per heavy atom. The number of halogens is 3. The third kappa shape index (κ3) is 5.21. The highest BCUT2D eigenvalue weighted by Crippen LogP contribution is 2.34. The quantitative estimate of drug-likeness (QED) is 0.379. The van der Waals surface area contributed by atoms with Gasteiger partial charge in [0.15, 0.2) is 0 Å². The molecule has 14 heteroatoms. The van der Waals surface area contributed by atoms with Gasteiger partial charge >= 0.3 is 27.3 Å². The predicted molar refractivity (Wildman–Crippen MR) is 96.4 cm³/mol. The second kappa shape index (κ2) is 8.64. The first-order valence-corrected chi connectivity index (χ1v) is 10.1. The molecule has 0 spiro atoms. The van der Waals surface area contributed by atoms with Gasteiger partial charge in [0, 0.05) is 18.7 Å². The fourth-order valence-corrected chi connectivity index (χ4v) is 3.45. The average Bonchev–Trinajstić information content (AvgIpc) is 3.07. The van der Waals surface area contributed by atoms with Gasteiger partial charge < -0.3 is 9.47 Å². The van der Waals surface area contributed by atoms with Crippen LogP contribution in [-0.4, -0.2) is 48.3 Å². The van der Waals surface area contributed by atoms with Crippen molar-refractivity contribution in [3.63, 3.8) is 0 Å². The van der Waals surface area contributed by atoms with Crippen LogP contribution in [0.15, 0.2) is 52.2 Å². The molecule has 168 valence electrons. The Bertz CT molecular complexity index is 1160. The normalized spacial score (nSPS) is 21.7. The molecule has 0 aliphatic carbocycles. The summed E-state index contributed by atoms with van der Waals surface area (Å²) in [6.07, 6.45) is -3.93. The van der Waals surface area contributed by atoms with E-state index in [1.165, 1.54) is 12.1 Å². The Morgan fingerprint density at radius 2 is 1.87 bits per heavy atom. The van der Waals surface area contributed by atoms with Crippen LogP contribution < -0.4 is 11.2 Å². The summed E-state index contributed by atoms with van der Waals surface area (Å²) >= 11 is 0. The van der Waals surface area contributed by atoms with Crippen molar-refractivity contribution in [1.82, 2.24) is 9.55 Å². The van der Waals surface area contributed by atoms with Crippen molar-refractivity contribution < 1.29 is 40.0 Å². The molecule has 0 bridgehead atoms. The van der Waals surface area contributed by atoms with E-state index in [2.05, 4.69) is 4.18 Å². The lowest BCUT2D eigenvalue weighted by molar-refractivity contribution is -0.0688. The second-order valence-corrected chi connectivity index (χ2v) is 7.94. The van der Waals surface area contributed by atoms with E-state index in [9.17, 15) is 36.0 Å². The molecule has 1 aromatic heterocycles. The Morgan fingerprint density at radius 3 is 2.48 bits per heavy atom. The predicted octanol–water partition coefficient (Wildman–Crippen LogP) is 0.916. The smallest absolute Gasteiger partial charge is 0.459 e. The number of aromatic amines is 1. The van der Waals surface area contributed by atoms with Crippen molar-refractivity contribution in [2.24, 2.45) is 0 Å². The van der Waals surface area contributed by atoms with Crippen molar-refractivity contribution in [3.8, 4) is 0 Å². The number of carbonyl (C=O) groups is 1. The number of carbonyl (C=O) groups excluding carboxylic acids is 1. The van der Waals surface area contributed by atoms with E-state index in [0.717, 1.165) is 16.8 Å². The van der Waals surface area contributed by atoms with E-state index < -0.39 is 64.3 Å². The van der Waals surface area contributed by atoms with Crippen molar-refractivity contribution in [3.05, 3.63) is 69.0 Å². The number of hydrogen-bond donors (Lipinski definition) is 1. The Hall–Kier alpha value is -2.97. The zero-order valence-electron chi connectivity index (χ0n) is 15.4. The topological polar surface area (TPSA) is 134 Å². The first kappa shape index (κ1) is 22.7. The number of aromatic nitrogens is 2.